The molecule has 2 aromatic heterocycles. The molecule has 2 N–H and O–H groups in total. The molecule has 17 heavy (non-hydrogen) atoms. The van der Waals surface area contributed by atoms with Crippen molar-refractivity contribution in [1.29, 1.82) is 0 Å². The van der Waals surface area contributed by atoms with Crippen LogP contribution < -0.4 is 5.73 Å². The van der Waals surface area contributed by atoms with E-state index in [1.807, 2.05) is 10.9 Å². The van der Waals surface area contributed by atoms with Gasteiger partial charge in [-0.25, -0.2) is 0 Å². The fourth-order valence-corrected chi connectivity index (χ4v) is 2.57. The lowest BCUT2D eigenvalue weighted by Gasteiger charge is -2.03. The van der Waals surface area contributed by atoms with Gasteiger partial charge < -0.3 is 5.73 Å². The molecule has 2 heterocycles. The minimum Gasteiger partial charge on any atom is -0.396 e. The molecule has 0 aliphatic rings. The summed E-state index contributed by atoms with van der Waals surface area (Å²) in [6, 6.07) is 4.19. The maximum atomic E-state index is 6.01. The Labute approximate surface area is 106 Å². The van der Waals surface area contributed by atoms with Crippen molar-refractivity contribution in [2.24, 2.45) is 5.92 Å². The van der Waals surface area contributed by atoms with E-state index in [0.29, 0.717) is 5.92 Å². The van der Waals surface area contributed by atoms with Crippen molar-refractivity contribution in [3.8, 4) is 10.6 Å². The molecule has 0 amide bonds. The summed E-state index contributed by atoms with van der Waals surface area (Å²) in [7, 11) is 0. The van der Waals surface area contributed by atoms with E-state index >= 15 is 0 Å². The second-order valence-corrected chi connectivity index (χ2v) is 6.08. The van der Waals surface area contributed by atoms with Crippen LogP contribution in [0.4, 0.5) is 5.69 Å². The normalized spacial score (nSPS) is 11.3. The van der Waals surface area contributed by atoms with Gasteiger partial charge in [-0.15, -0.1) is 11.3 Å². The predicted molar refractivity (Wildman–Crippen MR) is 74.1 cm³/mol. The van der Waals surface area contributed by atoms with E-state index in [0.717, 1.165) is 29.2 Å². The van der Waals surface area contributed by atoms with Gasteiger partial charge in [0, 0.05) is 17.6 Å². The highest BCUT2D eigenvalue weighted by molar-refractivity contribution is 7.15. The number of hydrogen-bond donors (Lipinski definition) is 1. The molecule has 2 aromatic rings. The Morgan fingerprint density at radius 1 is 1.41 bits per heavy atom. The third kappa shape index (κ3) is 2.88. The van der Waals surface area contributed by atoms with Crippen molar-refractivity contribution in [3.63, 3.8) is 0 Å². The molecule has 0 atom stereocenters. The van der Waals surface area contributed by atoms with Crippen molar-refractivity contribution < 1.29 is 0 Å². The van der Waals surface area contributed by atoms with E-state index in [9.17, 15) is 0 Å². The van der Waals surface area contributed by atoms with Crippen molar-refractivity contribution >= 4 is 17.0 Å². The minimum absolute atomic E-state index is 0.688. The molecule has 92 valence electrons. The summed E-state index contributed by atoms with van der Waals surface area (Å²) in [6.07, 6.45) is 3.07. The van der Waals surface area contributed by atoms with Crippen molar-refractivity contribution in [1.82, 2.24) is 9.78 Å². The molecule has 0 fully saturated rings. The number of nitrogens with two attached hydrogens (primary N) is 1. The van der Waals surface area contributed by atoms with Gasteiger partial charge in [-0.3, -0.25) is 4.68 Å². The first-order chi connectivity index (χ1) is 8.06. The molecular formula is C13H19N3S. The highest BCUT2D eigenvalue weighted by Gasteiger charge is 2.10. The van der Waals surface area contributed by atoms with Crippen LogP contribution in [0, 0.1) is 12.8 Å². The molecule has 0 unspecified atom stereocenters. The molecule has 0 bridgehead atoms. The predicted octanol–water partition coefficient (Wildman–Crippen LogP) is 3.55. The van der Waals surface area contributed by atoms with Crippen LogP contribution in [0.2, 0.25) is 0 Å². The Bertz CT molecular complexity index is 496. The summed E-state index contributed by atoms with van der Waals surface area (Å²) in [4.78, 5) is 2.44. The first-order valence-electron chi connectivity index (χ1n) is 5.96. The monoisotopic (exact) mass is 249 g/mol. The fourth-order valence-electron chi connectivity index (χ4n) is 1.70. The molecule has 4 heteroatoms. The van der Waals surface area contributed by atoms with E-state index in [4.69, 9.17) is 5.73 Å². The molecule has 0 saturated carbocycles. The van der Waals surface area contributed by atoms with Gasteiger partial charge in [0.1, 0.15) is 5.69 Å². The fraction of sp³-hybridized carbons (Fsp3) is 0.462. The maximum Gasteiger partial charge on any atom is 0.125 e. The molecular weight excluding hydrogens is 230 g/mol. The number of rotatable bonds is 4. The Hall–Kier alpha value is -1.29. The largest absolute Gasteiger partial charge is 0.396 e. The van der Waals surface area contributed by atoms with Crippen LogP contribution in [0.15, 0.2) is 18.3 Å². The van der Waals surface area contributed by atoms with Gasteiger partial charge in [0.2, 0.25) is 0 Å². The average molecular weight is 249 g/mol. The van der Waals surface area contributed by atoms with Crippen LogP contribution in [-0.2, 0) is 6.54 Å². The van der Waals surface area contributed by atoms with E-state index in [1.54, 1.807) is 11.3 Å². The van der Waals surface area contributed by atoms with Crippen LogP contribution in [0.1, 0.15) is 25.1 Å². The molecule has 0 radical (unpaired) electrons. The Morgan fingerprint density at radius 3 is 2.76 bits per heavy atom. The number of thiophene rings is 1. The van der Waals surface area contributed by atoms with E-state index in [2.05, 4.69) is 38.0 Å². The zero-order chi connectivity index (χ0) is 12.4. The lowest BCUT2D eigenvalue weighted by molar-refractivity contribution is 0.488. The van der Waals surface area contributed by atoms with Crippen molar-refractivity contribution in [2.45, 2.75) is 33.7 Å². The van der Waals surface area contributed by atoms with Gasteiger partial charge in [-0.2, -0.15) is 5.10 Å². The number of hydrogen-bond acceptors (Lipinski definition) is 3. The zero-order valence-electron chi connectivity index (χ0n) is 10.6. The quantitative estimate of drug-likeness (QED) is 0.900. The number of nitrogen functional groups attached to an aromatic ring is 1. The lowest BCUT2D eigenvalue weighted by Crippen LogP contribution is -2.01. The SMILES string of the molecule is Cc1ccc(-c2nn(CCC(C)C)cc2N)s1. The average Bonchev–Trinajstić information content (AvgIpc) is 2.82. The summed E-state index contributed by atoms with van der Waals surface area (Å²) in [5.74, 6) is 0.688. The smallest absolute Gasteiger partial charge is 0.125 e. The molecule has 0 aliphatic carbocycles. The second-order valence-electron chi connectivity index (χ2n) is 4.79. The topological polar surface area (TPSA) is 43.8 Å². The summed E-state index contributed by atoms with van der Waals surface area (Å²) >= 11 is 1.74. The van der Waals surface area contributed by atoms with Gasteiger partial charge in [0.15, 0.2) is 0 Å². The lowest BCUT2D eigenvalue weighted by atomic mass is 10.1. The molecule has 0 saturated heterocycles. The summed E-state index contributed by atoms with van der Waals surface area (Å²) < 4.78 is 1.96. The van der Waals surface area contributed by atoms with Gasteiger partial charge in [0.25, 0.3) is 0 Å². The third-order valence-electron chi connectivity index (χ3n) is 2.70. The number of aromatic nitrogens is 2. The summed E-state index contributed by atoms with van der Waals surface area (Å²) in [5, 5.41) is 4.57. The third-order valence-corrected chi connectivity index (χ3v) is 3.71. The van der Waals surface area contributed by atoms with Gasteiger partial charge >= 0.3 is 0 Å². The first kappa shape index (κ1) is 12.2. The van der Waals surface area contributed by atoms with Gasteiger partial charge in [-0.05, 0) is 31.4 Å². The van der Waals surface area contributed by atoms with E-state index < -0.39 is 0 Å². The number of anilines is 1. The van der Waals surface area contributed by atoms with Crippen LogP contribution in [0.25, 0.3) is 10.6 Å². The van der Waals surface area contributed by atoms with Crippen molar-refractivity contribution in [2.75, 3.05) is 5.73 Å². The van der Waals surface area contributed by atoms with E-state index in [1.165, 1.54) is 4.88 Å². The summed E-state index contributed by atoms with van der Waals surface area (Å²) in [5.41, 5.74) is 7.71. The standard InChI is InChI=1S/C13H19N3S/c1-9(2)6-7-16-8-11(14)13(15-16)12-5-4-10(3)17-12/h4-5,8-9H,6-7,14H2,1-3H3. The van der Waals surface area contributed by atoms with Crippen LogP contribution in [-0.4, -0.2) is 9.78 Å². The molecule has 0 aliphatic heterocycles. The van der Waals surface area contributed by atoms with Gasteiger partial charge in [0.05, 0.1) is 10.6 Å². The Balaban J connectivity index is 2.19. The Kier molecular flexibility index (Phi) is 3.52. The highest BCUT2D eigenvalue weighted by atomic mass is 32.1. The van der Waals surface area contributed by atoms with Crippen LogP contribution >= 0.6 is 11.3 Å². The van der Waals surface area contributed by atoms with Gasteiger partial charge in [-0.1, -0.05) is 13.8 Å². The Morgan fingerprint density at radius 2 is 2.18 bits per heavy atom. The highest BCUT2D eigenvalue weighted by Crippen LogP contribution is 2.30. The molecule has 3 nitrogen and oxygen atoms in total. The first-order valence-corrected chi connectivity index (χ1v) is 6.77. The number of nitrogens with zero attached hydrogens (tertiary/aromatic N) is 2. The maximum absolute atomic E-state index is 6.01. The number of aryl methyl sites for hydroxylation is 2. The molecule has 0 spiro atoms. The van der Waals surface area contributed by atoms with E-state index in [-0.39, 0.29) is 0 Å². The zero-order valence-corrected chi connectivity index (χ0v) is 11.4. The van der Waals surface area contributed by atoms with Crippen molar-refractivity contribution in [3.05, 3.63) is 23.2 Å². The second kappa shape index (κ2) is 4.92. The van der Waals surface area contributed by atoms with Crippen LogP contribution in [0.3, 0.4) is 0 Å². The summed E-state index contributed by atoms with van der Waals surface area (Å²) in [6.45, 7) is 7.47. The molecule has 0 aromatic carbocycles. The van der Waals surface area contributed by atoms with Crippen LogP contribution in [0.5, 0.6) is 0 Å². The molecule has 2 rings (SSSR count). The minimum atomic E-state index is 0.688.